The van der Waals surface area contributed by atoms with Crippen molar-refractivity contribution in [1.82, 2.24) is 0 Å². The number of esters is 1. The zero-order valence-electron chi connectivity index (χ0n) is 33.4. The van der Waals surface area contributed by atoms with Crippen molar-refractivity contribution in [2.24, 2.45) is 17.3 Å². The number of ketones is 1. The maximum atomic E-state index is 14.7. The van der Waals surface area contributed by atoms with Crippen LogP contribution in [0.4, 0.5) is 0 Å². The van der Waals surface area contributed by atoms with Crippen LogP contribution in [-0.2, 0) is 34.5 Å². The van der Waals surface area contributed by atoms with Crippen molar-refractivity contribution in [3.05, 3.63) is 35.9 Å². The second-order valence-electron chi connectivity index (χ2n) is 18.4. The molecule has 0 aliphatic carbocycles. The lowest BCUT2D eigenvalue weighted by Gasteiger charge is -2.46. The quantitative estimate of drug-likeness (QED) is 0.0866. The molecule has 0 aliphatic heterocycles. The Kier molecular flexibility index (Phi) is 15.9. The van der Waals surface area contributed by atoms with Gasteiger partial charge in [0, 0.05) is 17.9 Å². The van der Waals surface area contributed by atoms with Crippen molar-refractivity contribution in [2.45, 2.75) is 176 Å². The van der Waals surface area contributed by atoms with E-state index in [4.69, 9.17) is 18.3 Å². The fraction of sp³-hybridized carbons (Fsp3) is 0.795. The van der Waals surface area contributed by atoms with Crippen LogP contribution in [0.25, 0.3) is 0 Å². The number of carbonyl (C=O) groups is 2. The molecule has 0 amide bonds. The molecule has 0 bridgehead atoms. The van der Waals surface area contributed by atoms with Gasteiger partial charge in [-0.2, -0.15) is 0 Å². The highest BCUT2D eigenvalue weighted by atomic mass is 28.4. The Bertz CT molecular complexity index is 1110. The fourth-order valence-electron chi connectivity index (χ4n) is 5.23. The molecule has 0 N–H and O–H groups in total. The number of rotatable bonds is 18. The second kappa shape index (κ2) is 17.1. The molecule has 0 spiro atoms. The Morgan fingerprint density at radius 3 is 1.74 bits per heavy atom. The monoisotopic (exact) mass is 692 g/mol. The second-order valence-corrected chi connectivity index (χ2v) is 27.9. The van der Waals surface area contributed by atoms with Crippen molar-refractivity contribution in [3.63, 3.8) is 0 Å². The summed E-state index contributed by atoms with van der Waals surface area (Å²) in [6, 6.07) is 10.3. The van der Waals surface area contributed by atoms with Gasteiger partial charge in [0.2, 0.25) is 0 Å². The summed E-state index contributed by atoms with van der Waals surface area (Å²) >= 11 is 0. The lowest BCUT2D eigenvalue weighted by molar-refractivity contribution is -0.159. The van der Waals surface area contributed by atoms with E-state index < -0.39 is 33.8 Å². The normalized spacial score (nSPS) is 16.4. The van der Waals surface area contributed by atoms with E-state index in [0.29, 0.717) is 13.2 Å². The van der Waals surface area contributed by atoms with E-state index >= 15 is 0 Å². The standard InChI is InChI=1S/C39H72O6Si2/c1-29(23-21-22-26-42-28-31-24-19-18-20-25-31)34(45-47(16,17)38(9,10)11)30(2)35(41)39(12,13)32(27-33(40)43-36(3,4)5)44-46(14,15)37(6,7)8/h18-20,24-25,29-30,32,34H,21-23,26-28H2,1-17H3/t29-,30+,32-,34-/m0/s1. The van der Waals surface area contributed by atoms with Gasteiger partial charge in [-0.1, -0.05) is 106 Å². The van der Waals surface area contributed by atoms with E-state index in [1.807, 2.05) is 59.7 Å². The molecule has 0 radical (unpaired) electrons. The van der Waals surface area contributed by atoms with Crippen LogP contribution in [0, 0.1) is 17.3 Å². The van der Waals surface area contributed by atoms with Crippen LogP contribution in [0.3, 0.4) is 0 Å². The first-order chi connectivity index (χ1) is 21.1. The summed E-state index contributed by atoms with van der Waals surface area (Å²) in [6.45, 7) is 37.2. The molecule has 8 heteroatoms. The van der Waals surface area contributed by atoms with Crippen molar-refractivity contribution in [1.29, 1.82) is 0 Å². The zero-order chi connectivity index (χ0) is 36.6. The molecule has 47 heavy (non-hydrogen) atoms. The van der Waals surface area contributed by atoms with E-state index in [-0.39, 0.29) is 46.2 Å². The van der Waals surface area contributed by atoms with Gasteiger partial charge in [0.1, 0.15) is 11.4 Å². The molecular weight excluding hydrogens is 621 g/mol. The molecule has 0 fully saturated rings. The van der Waals surface area contributed by atoms with E-state index in [0.717, 1.165) is 19.3 Å². The number of hydrogen-bond acceptors (Lipinski definition) is 6. The van der Waals surface area contributed by atoms with Gasteiger partial charge in [0.25, 0.3) is 0 Å². The summed E-state index contributed by atoms with van der Waals surface area (Å²) < 4.78 is 25.7. The van der Waals surface area contributed by atoms with Gasteiger partial charge >= 0.3 is 5.97 Å². The molecule has 4 atom stereocenters. The fourth-order valence-corrected chi connectivity index (χ4v) is 8.15. The molecule has 0 aliphatic rings. The summed E-state index contributed by atoms with van der Waals surface area (Å²) in [4.78, 5) is 28.0. The van der Waals surface area contributed by atoms with Gasteiger partial charge in [0.05, 0.1) is 25.2 Å². The lowest BCUT2D eigenvalue weighted by Crippen LogP contribution is -2.54. The molecule has 0 heterocycles. The topological polar surface area (TPSA) is 71.1 Å². The Balaban J connectivity index is 3.27. The van der Waals surface area contributed by atoms with Crippen molar-refractivity contribution in [2.75, 3.05) is 6.61 Å². The number of benzene rings is 1. The van der Waals surface area contributed by atoms with Crippen LogP contribution in [0.15, 0.2) is 30.3 Å². The molecular formula is C39H72O6Si2. The summed E-state index contributed by atoms with van der Waals surface area (Å²) in [5.74, 6) is -0.482. The number of carbonyl (C=O) groups excluding carboxylic acids is 2. The smallest absolute Gasteiger partial charge is 0.308 e. The molecule has 1 rings (SSSR count). The lowest BCUT2D eigenvalue weighted by atomic mass is 9.73. The average Bonchev–Trinajstić information content (AvgIpc) is 2.90. The van der Waals surface area contributed by atoms with Gasteiger partial charge in [-0.3, -0.25) is 9.59 Å². The van der Waals surface area contributed by atoms with Crippen molar-refractivity contribution >= 4 is 28.4 Å². The minimum atomic E-state index is -2.34. The van der Waals surface area contributed by atoms with Crippen molar-refractivity contribution in [3.8, 4) is 0 Å². The summed E-state index contributed by atoms with van der Waals surface area (Å²) in [7, 11) is -4.56. The number of Topliss-reactive ketones (excluding diaryl/α,β-unsaturated/α-hetero) is 1. The highest BCUT2D eigenvalue weighted by molar-refractivity contribution is 6.74. The van der Waals surface area contributed by atoms with Crippen LogP contribution in [-0.4, -0.2) is 52.8 Å². The summed E-state index contributed by atoms with van der Waals surface area (Å²) in [5, 5.41) is -0.0868. The third-order valence-electron chi connectivity index (χ3n) is 10.5. The van der Waals surface area contributed by atoms with Gasteiger partial charge in [-0.25, -0.2) is 0 Å². The van der Waals surface area contributed by atoms with Crippen LogP contribution >= 0.6 is 0 Å². The maximum Gasteiger partial charge on any atom is 0.308 e. The Morgan fingerprint density at radius 2 is 1.26 bits per heavy atom. The van der Waals surface area contributed by atoms with Crippen LogP contribution < -0.4 is 0 Å². The van der Waals surface area contributed by atoms with Gasteiger partial charge in [0.15, 0.2) is 16.6 Å². The van der Waals surface area contributed by atoms with Crippen LogP contribution in [0.2, 0.25) is 36.3 Å². The zero-order valence-corrected chi connectivity index (χ0v) is 35.4. The third-order valence-corrected chi connectivity index (χ3v) is 19.4. The van der Waals surface area contributed by atoms with E-state index in [9.17, 15) is 9.59 Å². The number of hydrogen-bond donors (Lipinski definition) is 0. The first kappa shape index (κ1) is 43.7. The third kappa shape index (κ3) is 13.8. The molecule has 272 valence electrons. The first-order valence-corrected chi connectivity index (χ1v) is 23.7. The molecule has 1 aromatic carbocycles. The summed E-state index contributed by atoms with van der Waals surface area (Å²) in [5.41, 5.74) is -0.378. The molecule has 0 saturated carbocycles. The minimum Gasteiger partial charge on any atom is -0.460 e. The molecule has 1 aromatic rings. The predicted molar refractivity (Wildman–Crippen MR) is 202 cm³/mol. The number of ether oxygens (including phenoxy) is 2. The summed E-state index contributed by atoms with van der Waals surface area (Å²) in [6.07, 6.45) is 2.06. The first-order valence-electron chi connectivity index (χ1n) is 17.9. The van der Waals surface area contributed by atoms with Gasteiger partial charge < -0.3 is 18.3 Å². The van der Waals surface area contributed by atoms with Crippen molar-refractivity contribution < 1.29 is 27.9 Å². The molecule has 0 aromatic heterocycles. The van der Waals surface area contributed by atoms with E-state index in [1.165, 1.54) is 5.56 Å². The minimum absolute atomic E-state index is 0.000767. The van der Waals surface area contributed by atoms with Crippen LogP contribution in [0.1, 0.15) is 121 Å². The molecule has 0 unspecified atom stereocenters. The SMILES string of the molecule is C[C@@H](CCCCOCc1ccccc1)[C@H](O[Si](C)(C)C(C)(C)C)[C@@H](C)C(=O)C(C)(C)[C@H](CC(=O)OC(C)(C)C)O[Si](C)(C)C(C)(C)C. The Morgan fingerprint density at radius 1 is 0.745 bits per heavy atom. The Labute approximate surface area is 291 Å². The van der Waals surface area contributed by atoms with E-state index in [1.54, 1.807) is 0 Å². The van der Waals surface area contributed by atoms with Crippen LogP contribution in [0.5, 0.6) is 0 Å². The molecule has 0 saturated heterocycles. The Hall–Kier alpha value is -1.33. The van der Waals surface area contributed by atoms with Gasteiger partial charge in [-0.05, 0) is 81.4 Å². The van der Waals surface area contributed by atoms with Gasteiger partial charge in [-0.15, -0.1) is 0 Å². The maximum absolute atomic E-state index is 14.7. The largest absolute Gasteiger partial charge is 0.460 e. The highest BCUT2D eigenvalue weighted by Gasteiger charge is 2.50. The number of unbranched alkanes of at least 4 members (excludes halogenated alkanes) is 1. The highest BCUT2D eigenvalue weighted by Crippen LogP contribution is 2.44. The predicted octanol–water partition coefficient (Wildman–Crippen LogP) is 10.8. The average molecular weight is 693 g/mol. The van der Waals surface area contributed by atoms with E-state index in [2.05, 4.69) is 86.8 Å². The molecule has 6 nitrogen and oxygen atoms in total.